The molecular weight excluding hydrogens is 146 g/mol. The zero-order chi connectivity index (χ0) is 8.20. The summed E-state index contributed by atoms with van der Waals surface area (Å²) in [5.41, 5.74) is 0.390. The number of hydrogen-bond donors (Lipinski definition) is 0. The predicted molar refractivity (Wildman–Crippen MR) is 47.7 cm³/mol. The van der Waals surface area contributed by atoms with Crippen molar-refractivity contribution in [3.05, 3.63) is 0 Å². The highest BCUT2D eigenvalue weighted by Crippen LogP contribution is 2.13. The van der Waals surface area contributed by atoms with E-state index in [0.717, 1.165) is 19.0 Å². The van der Waals surface area contributed by atoms with Crippen molar-refractivity contribution in [1.29, 1.82) is 0 Å². The number of hydrogen-bond acceptors (Lipinski definition) is 1. The molecule has 62 valence electrons. The van der Waals surface area contributed by atoms with Gasteiger partial charge in [0.1, 0.15) is 0 Å². The predicted octanol–water partition coefficient (Wildman–Crippen LogP) is 2.20. The van der Waals surface area contributed by atoms with Gasteiger partial charge in [0.2, 0.25) is 0 Å². The van der Waals surface area contributed by atoms with E-state index >= 15 is 0 Å². The highest BCUT2D eigenvalue weighted by molar-refractivity contribution is 6.18. The molecule has 0 aliphatic carbocycles. The van der Waals surface area contributed by atoms with Gasteiger partial charge in [-0.2, -0.15) is 0 Å². The standard InChI is InChI=1S/C8H18ClN/c1-8(2,3)7-10(4)6-5-9/h5-7H2,1-4H3. The third kappa shape index (κ3) is 6.37. The van der Waals surface area contributed by atoms with Gasteiger partial charge in [-0.1, -0.05) is 20.8 Å². The van der Waals surface area contributed by atoms with Crippen LogP contribution in [-0.4, -0.2) is 30.9 Å². The molecule has 0 unspecified atom stereocenters. The zero-order valence-electron chi connectivity index (χ0n) is 7.45. The second-order valence-corrected chi connectivity index (χ2v) is 4.37. The van der Waals surface area contributed by atoms with E-state index in [1.807, 2.05) is 0 Å². The SMILES string of the molecule is CN(CCCl)CC(C)(C)C. The molecule has 0 fully saturated rings. The van der Waals surface area contributed by atoms with Crippen LogP contribution in [0.3, 0.4) is 0 Å². The van der Waals surface area contributed by atoms with Crippen molar-refractivity contribution in [2.45, 2.75) is 20.8 Å². The first kappa shape index (κ1) is 10.2. The molecular formula is C8H18ClN. The minimum Gasteiger partial charge on any atom is -0.305 e. The second-order valence-electron chi connectivity index (χ2n) is 3.99. The smallest absolute Gasteiger partial charge is 0.0351 e. The molecule has 0 spiro atoms. The van der Waals surface area contributed by atoms with Crippen molar-refractivity contribution < 1.29 is 0 Å². The number of nitrogens with zero attached hydrogens (tertiary/aromatic N) is 1. The molecule has 0 radical (unpaired) electrons. The van der Waals surface area contributed by atoms with E-state index < -0.39 is 0 Å². The van der Waals surface area contributed by atoms with Gasteiger partial charge in [0, 0.05) is 19.0 Å². The van der Waals surface area contributed by atoms with E-state index in [2.05, 4.69) is 32.7 Å². The first-order valence-corrected chi connectivity index (χ1v) is 4.24. The first-order chi connectivity index (χ1) is 4.45. The Balaban J connectivity index is 3.47. The van der Waals surface area contributed by atoms with Crippen LogP contribution < -0.4 is 0 Å². The molecule has 0 heterocycles. The lowest BCUT2D eigenvalue weighted by atomic mass is 9.96. The van der Waals surface area contributed by atoms with E-state index in [4.69, 9.17) is 11.6 Å². The van der Waals surface area contributed by atoms with Gasteiger partial charge in [-0.3, -0.25) is 0 Å². The Labute approximate surface area is 69.4 Å². The fraction of sp³-hybridized carbons (Fsp3) is 1.00. The number of halogens is 1. The van der Waals surface area contributed by atoms with Gasteiger partial charge < -0.3 is 4.90 Å². The average molecular weight is 164 g/mol. The summed E-state index contributed by atoms with van der Waals surface area (Å²) >= 11 is 5.58. The Morgan fingerprint density at radius 1 is 1.30 bits per heavy atom. The number of alkyl halides is 1. The van der Waals surface area contributed by atoms with Crippen molar-refractivity contribution in [3.8, 4) is 0 Å². The molecule has 0 aliphatic rings. The Morgan fingerprint density at radius 3 is 2.10 bits per heavy atom. The van der Waals surface area contributed by atoms with Gasteiger partial charge in [0.05, 0.1) is 0 Å². The summed E-state index contributed by atoms with van der Waals surface area (Å²) in [5.74, 6) is 0.729. The summed E-state index contributed by atoms with van der Waals surface area (Å²) in [7, 11) is 2.10. The summed E-state index contributed by atoms with van der Waals surface area (Å²) in [6.07, 6.45) is 0. The van der Waals surface area contributed by atoms with Crippen LogP contribution in [-0.2, 0) is 0 Å². The summed E-state index contributed by atoms with van der Waals surface area (Å²) in [4.78, 5) is 2.26. The van der Waals surface area contributed by atoms with Gasteiger partial charge in [0.15, 0.2) is 0 Å². The monoisotopic (exact) mass is 163 g/mol. The Bertz CT molecular complexity index is 85.7. The van der Waals surface area contributed by atoms with Crippen molar-refractivity contribution in [3.63, 3.8) is 0 Å². The summed E-state index contributed by atoms with van der Waals surface area (Å²) < 4.78 is 0. The average Bonchev–Trinajstić information content (AvgIpc) is 1.59. The van der Waals surface area contributed by atoms with Crippen molar-refractivity contribution in [2.24, 2.45) is 5.41 Å². The lowest BCUT2D eigenvalue weighted by Crippen LogP contribution is -2.30. The van der Waals surface area contributed by atoms with E-state index in [1.54, 1.807) is 0 Å². The van der Waals surface area contributed by atoms with Crippen molar-refractivity contribution in [2.75, 3.05) is 26.0 Å². The van der Waals surface area contributed by atoms with Crippen LogP contribution in [0.15, 0.2) is 0 Å². The normalized spacial score (nSPS) is 12.6. The van der Waals surface area contributed by atoms with Crippen molar-refractivity contribution >= 4 is 11.6 Å². The largest absolute Gasteiger partial charge is 0.305 e. The lowest BCUT2D eigenvalue weighted by Gasteiger charge is -2.25. The third-order valence-corrected chi connectivity index (χ3v) is 1.38. The fourth-order valence-electron chi connectivity index (χ4n) is 1.03. The van der Waals surface area contributed by atoms with E-state index in [1.165, 1.54) is 0 Å². The summed E-state index contributed by atoms with van der Waals surface area (Å²) in [6.45, 7) is 8.80. The highest BCUT2D eigenvalue weighted by atomic mass is 35.5. The van der Waals surface area contributed by atoms with Crippen LogP contribution >= 0.6 is 11.6 Å². The highest BCUT2D eigenvalue weighted by Gasteiger charge is 2.12. The van der Waals surface area contributed by atoms with Crippen LogP contribution in [0.1, 0.15) is 20.8 Å². The molecule has 0 aromatic rings. The summed E-state index contributed by atoms with van der Waals surface area (Å²) in [5, 5.41) is 0. The molecule has 10 heavy (non-hydrogen) atoms. The van der Waals surface area contributed by atoms with E-state index in [-0.39, 0.29) is 0 Å². The summed E-state index contributed by atoms with van der Waals surface area (Å²) in [6, 6.07) is 0. The van der Waals surface area contributed by atoms with Gasteiger partial charge in [-0.05, 0) is 12.5 Å². The fourth-order valence-corrected chi connectivity index (χ4v) is 1.32. The zero-order valence-corrected chi connectivity index (χ0v) is 8.20. The maximum absolute atomic E-state index is 5.58. The number of rotatable bonds is 3. The van der Waals surface area contributed by atoms with E-state index in [0.29, 0.717) is 5.41 Å². The molecule has 0 aliphatic heterocycles. The molecule has 2 heteroatoms. The van der Waals surface area contributed by atoms with Crippen LogP contribution in [0.2, 0.25) is 0 Å². The Hall–Kier alpha value is 0.250. The third-order valence-electron chi connectivity index (χ3n) is 1.21. The minimum absolute atomic E-state index is 0.390. The van der Waals surface area contributed by atoms with Crippen molar-refractivity contribution in [1.82, 2.24) is 4.90 Å². The van der Waals surface area contributed by atoms with Crippen LogP contribution in [0.5, 0.6) is 0 Å². The second kappa shape index (κ2) is 4.20. The van der Waals surface area contributed by atoms with Gasteiger partial charge >= 0.3 is 0 Å². The van der Waals surface area contributed by atoms with Crippen LogP contribution in [0.4, 0.5) is 0 Å². The van der Waals surface area contributed by atoms with Gasteiger partial charge in [0.25, 0.3) is 0 Å². The first-order valence-electron chi connectivity index (χ1n) is 3.70. The maximum atomic E-state index is 5.58. The Kier molecular flexibility index (Phi) is 4.30. The maximum Gasteiger partial charge on any atom is 0.0351 e. The molecule has 0 atom stereocenters. The van der Waals surface area contributed by atoms with Gasteiger partial charge in [-0.15, -0.1) is 11.6 Å². The molecule has 0 aromatic heterocycles. The van der Waals surface area contributed by atoms with Crippen LogP contribution in [0, 0.1) is 5.41 Å². The molecule has 0 bridgehead atoms. The molecule has 0 saturated carbocycles. The molecule has 0 amide bonds. The molecule has 0 rings (SSSR count). The Morgan fingerprint density at radius 2 is 1.80 bits per heavy atom. The molecule has 0 saturated heterocycles. The molecule has 1 nitrogen and oxygen atoms in total. The lowest BCUT2D eigenvalue weighted by molar-refractivity contribution is 0.237. The minimum atomic E-state index is 0.390. The van der Waals surface area contributed by atoms with Gasteiger partial charge in [-0.25, -0.2) is 0 Å². The van der Waals surface area contributed by atoms with Crippen LogP contribution in [0.25, 0.3) is 0 Å². The molecule has 0 N–H and O–H groups in total. The topological polar surface area (TPSA) is 3.24 Å². The molecule has 0 aromatic carbocycles. The van der Waals surface area contributed by atoms with E-state index in [9.17, 15) is 0 Å². The quantitative estimate of drug-likeness (QED) is 0.577.